The van der Waals surface area contributed by atoms with Gasteiger partial charge in [-0.25, -0.2) is 8.42 Å². The molecule has 1 aliphatic carbocycles. The van der Waals surface area contributed by atoms with Crippen LogP contribution in [0.2, 0.25) is 0 Å². The van der Waals surface area contributed by atoms with E-state index in [1.54, 1.807) is 0 Å². The van der Waals surface area contributed by atoms with Crippen LogP contribution in [-0.4, -0.2) is 52.6 Å². The first-order chi connectivity index (χ1) is 12.9. The third kappa shape index (κ3) is 5.59. The van der Waals surface area contributed by atoms with Gasteiger partial charge in [0.1, 0.15) is 0 Å². The lowest BCUT2D eigenvalue weighted by molar-refractivity contribution is -0.121. The predicted molar refractivity (Wildman–Crippen MR) is 102 cm³/mol. The second-order valence-electron chi connectivity index (χ2n) is 7.08. The molecule has 0 aromatic heterocycles. The number of hydrogen-bond acceptors (Lipinski definition) is 6. The maximum atomic E-state index is 12.5. The van der Waals surface area contributed by atoms with E-state index in [9.17, 15) is 18.3 Å². The molecule has 1 aromatic carbocycles. The highest BCUT2D eigenvalue weighted by Gasteiger charge is 2.31. The van der Waals surface area contributed by atoms with Crippen LogP contribution in [0.15, 0.2) is 23.1 Å². The largest absolute Gasteiger partial charge is 0.493 e. The van der Waals surface area contributed by atoms with E-state index in [-0.39, 0.29) is 35.0 Å². The van der Waals surface area contributed by atoms with Crippen molar-refractivity contribution in [1.29, 1.82) is 0 Å². The molecular formula is C19H29NO6S. The number of nitrogens with one attached hydrogen (secondary N) is 1. The molecule has 1 amide bonds. The molecular weight excluding hydrogens is 370 g/mol. The molecule has 0 atom stereocenters. The number of benzene rings is 1. The number of sulfone groups is 1. The van der Waals surface area contributed by atoms with Gasteiger partial charge in [-0.1, -0.05) is 19.3 Å². The van der Waals surface area contributed by atoms with Crippen LogP contribution in [0.4, 0.5) is 0 Å². The van der Waals surface area contributed by atoms with Gasteiger partial charge in [0.15, 0.2) is 21.3 Å². The smallest absolute Gasteiger partial charge is 0.221 e. The summed E-state index contributed by atoms with van der Waals surface area (Å²) in [5.41, 5.74) is -0.268. The first kappa shape index (κ1) is 21.5. The van der Waals surface area contributed by atoms with E-state index in [0.29, 0.717) is 18.0 Å². The van der Waals surface area contributed by atoms with Crippen molar-refractivity contribution < 1.29 is 27.8 Å². The van der Waals surface area contributed by atoms with Gasteiger partial charge in [-0.15, -0.1) is 0 Å². The highest BCUT2D eigenvalue weighted by atomic mass is 32.2. The fourth-order valence-electron chi connectivity index (χ4n) is 3.42. The van der Waals surface area contributed by atoms with Crippen LogP contribution in [0, 0.1) is 5.41 Å². The van der Waals surface area contributed by atoms with E-state index >= 15 is 0 Å². The van der Waals surface area contributed by atoms with E-state index in [2.05, 4.69) is 5.32 Å². The minimum absolute atomic E-state index is 0.0389. The summed E-state index contributed by atoms with van der Waals surface area (Å²) >= 11 is 0. The summed E-state index contributed by atoms with van der Waals surface area (Å²) in [6.45, 7) is 0.427. The SMILES string of the molecule is COc1ccc(S(=O)(=O)CCC(=O)NCC2(CO)CCCCC2)cc1OC. The van der Waals surface area contributed by atoms with Gasteiger partial charge in [-0.2, -0.15) is 0 Å². The molecule has 0 unspecified atom stereocenters. The quantitative estimate of drug-likeness (QED) is 0.658. The van der Waals surface area contributed by atoms with Crippen molar-refractivity contribution >= 4 is 15.7 Å². The van der Waals surface area contributed by atoms with Crippen LogP contribution in [0.1, 0.15) is 38.5 Å². The van der Waals surface area contributed by atoms with Gasteiger partial charge in [0.2, 0.25) is 5.91 Å². The zero-order chi connectivity index (χ0) is 19.9. The number of ether oxygens (including phenoxy) is 2. The van der Waals surface area contributed by atoms with Crippen LogP contribution in [0.3, 0.4) is 0 Å². The van der Waals surface area contributed by atoms with Gasteiger partial charge in [-0.05, 0) is 25.0 Å². The molecule has 2 N–H and O–H groups in total. The summed E-state index contributed by atoms with van der Waals surface area (Å²) in [6, 6.07) is 4.37. The molecule has 1 aromatic rings. The van der Waals surface area contributed by atoms with Crippen molar-refractivity contribution in [1.82, 2.24) is 5.32 Å². The fraction of sp³-hybridized carbons (Fsp3) is 0.632. The van der Waals surface area contributed by atoms with Gasteiger partial charge in [0.05, 0.1) is 31.5 Å². The molecule has 0 bridgehead atoms. The molecule has 152 valence electrons. The molecule has 1 aliphatic rings. The number of methoxy groups -OCH3 is 2. The van der Waals surface area contributed by atoms with Crippen molar-refractivity contribution in [3.63, 3.8) is 0 Å². The van der Waals surface area contributed by atoms with E-state index in [4.69, 9.17) is 9.47 Å². The normalized spacial score (nSPS) is 16.6. The minimum Gasteiger partial charge on any atom is -0.493 e. The Morgan fingerprint density at radius 2 is 1.81 bits per heavy atom. The number of carbonyl (C=O) groups excluding carboxylic acids is 1. The van der Waals surface area contributed by atoms with Crippen molar-refractivity contribution in [2.75, 3.05) is 33.1 Å². The Labute approximate surface area is 161 Å². The summed E-state index contributed by atoms with van der Waals surface area (Å²) in [4.78, 5) is 12.2. The van der Waals surface area contributed by atoms with Crippen LogP contribution >= 0.6 is 0 Å². The highest BCUT2D eigenvalue weighted by molar-refractivity contribution is 7.91. The van der Waals surface area contributed by atoms with E-state index < -0.39 is 9.84 Å². The van der Waals surface area contributed by atoms with E-state index in [1.165, 1.54) is 32.4 Å². The summed E-state index contributed by atoms with van der Waals surface area (Å²) in [6.07, 6.45) is 4.88. The molecule has 0 saturated heterocycles. The Hall–Kier alpha value is -1.80. The molecule has 0 radical (unpaired) electrons. The first-order valence-corrected chi connectivity index (χ1v) is 10.8. The maximum absolute atomic E-state index is 12.5. The second kappa shape index (κ2) is 9.41. The molecule has 1 saturated carbocycles. The van der Waals surface area contributed by atoms with Crippen molar-refractivity contribution in [3.05, 3.63) is 18.2 Å². The van der Waals surface area contributed by atoms with E-state index in [0.717, 1.165) is 32.1 Å². The average molecular weight is 400 g/mol. The van der Waals surface area contributed by atoms with Gasteiger partial charge in [-0.3, -0.25) is 4.79 Å². The number of hydrogen-bond donors (Lipinski definition) is 2. The lowest BCUT2D eigenvalue weighted by Gasteiger charge is -2.35. The Morgan fingerprint density at radius 1 is 1.15 bits per heavy atom. The van der Waals surface area contributed by atoms with Gasteiger partial charge in [0.25, 0.3) is 0 Å². The van der Waals surface area contributed by atoms with Gasteiger partial charge < -0.3 is 19.9 Å². The Bertz CT molecular complexity index is 741. The molecule has 2 rings (SSSR count). The first-order valence-electron chi connectivity index (χ1n) is 9.18. The lowest BCUT2D eigenvalue weighted by atomic mass is 9.74. The van der Waals surface area contributed by atoms with Crippen molar-refractivity contribution in [2.24, 2.45) is 5.41 Å². The second-order valence-corrected chi connectivity index (χ2v) is 9.19. The van der Waals surface area contributed by atoms with Crippen LogP contribution in [0.25, 0.3) is 0 Å². The molecule has 0 heterocycles. The number of carbonyl (C=O) groups is 1. The zero-order valence-corrected chi connectivity index (χ0v) is 16.8. The number of amides is 1. The highest BCUT2D eigenvalue weighted by Crippen LogP contribution is 2.35. The molecule has 0 aliphatic heterocycles. The van der Waals surface area contributed by atoms with Crippen molar-refractivity contribution in [3.8, 4) is 11.5 Å². The number of aliphatic hydroxyl groups is 1. The average Bonchev–Trinajstić information content (AvgIpc) is 2.70. The summed E-state index contributed by atoms with van der Waals surface area (Å²) < 4.78 is 35.3. The Balaban J connectivity index is 1.93. The van der Waals surface area contributed by atoms with Gasteiger partial charge >= 0.3 is 0 Å². The summed E-state index contributed by atoms with van der Waals surface area (Å²) in [7, 11) is -0.714. The molecule has 27 heavy (non-hydrogen) atoms. The monoisotopic (exact) mass is 399 g/mol. The molecule has 1 fully saturated rings. The van der Waals surface area contributed by atoms with Crippen LogP contribution < -0.4 is 14.8 Å². The molecule has 0 spiro atoms. The minimum atomic E-state index is -3.62. The van der Waals surface area contributed by atoms with Crippen molar-refractivity contribution in [2.45, 2.75) is 43.4 Å². The Kier molecular flexibility index (Phi) is 7.49. The maximum Gasteiger partial charge on any atom is 0.221 e. The number of aliphatic hydroxyl groups excluding tert-OH is 1. The molecule has 8 heteroatoms. The van der Waals surface area contributed by atoms with E-state index in [1.807, 2.05) is 0 Å². The Morgan fingerprint density at radius 3 is 2.41 bits per heavy atom. The third-order valence-electron chi connectivity index (χ3n) is 5.22. The summed E-state index contributed by atoms with van der Waals surface area (Å²) in [5, 5.41) is 12.5. The lowest BCUT2D eigenvalue weighted by Crippen LogP contribution is -2.41. The van der Waals surface area contributed by atoms with Crippen LogP contribution in [0.5, 0.6) is 11.5 Å². The third-order valence-corrected chi connectivity index (χ3v) is 6.94. The standard InChI is InChI=1S/C19H29NO6S/c1-25-16-7-6-15(12-17(16)26-2)27(23,24)11-8-18(22)20-13-19(14-21)9-4-3-5-10-19/h6-7,12,21H,3-5,8-11,13-14H2,1-2H3,(H,20,22). The zero-order valence-electron chi connectivity index (χ0n) is 16.0. The molecule has 7 nitrogen and oxygen atoms in total. The topological polar surface area (TPSA) is 102 Å². The van der Waals surface area contributed by atoms with Crippen LogP contribution in [-0.2, 0) is 14.6 Å². The van der Waals surface area contributed by atoms with Gasteiger partial charge in [0, 0.05) is 24.4 Å². The predicted octanol–water partition coefficient (Wildman–Crippen LogP) is 1.93. The fourth-order valence-corrected chi connectivity index (χ4v) is 4.67. The number of rotatable bonds is 9. The summed E-state index contributed by atoms with van der Waals surface area (Å²) in [5.74, 6) is 0.152.